The van der Waals surface area contributed by atoms with E-state index < -0.39 is 13.9 Å². The maximum atomic E-state index is 10.9. The monoisotopic (exact) mass is 273 g/mol. The SMILES string of the molecule is O[As+]1(c2ccccc2)Cc2ccccc2C1. The van der Waals surface area contributed by atoms with Crippen molar-refractivity contribution in [3.05, 3.63) is 65.7 Å². The van der Waals surface area contributed by atoms with E-state index in [2.05, 4.69) is 36.4 Å². The molecule has 0 atom stereocenters. The molecule has 0 unspecified atom stereocenters. The van der Waals surface area contributed by atoms with Crippen molar-refractivity contribution < 1.29 is 4.10 Å². The van der Waals surface area contributed by atoms with Gasteiger partial charge in [0.05, 0.1) is 0 Å². The zero-order valence-electron chi connectivity index (χ0n) is 9.00. The molecule has 0 aromatic heterocycles. The molecule has 1 aliphatic heterocycles. The van der Waals surface area contributed by atoms with E-state index in [9.17, 15) is 4.10 Å². The van der Waals surface area contributed by atoms with Crippen molar-refractivity contribution in [2.45, 2.75) is 10.4 Å². The van der Waals surface area contributed by atoms with Crippen molar-refractivity contribution in [1.29, 1.82) is 0 Å². The van der Waals surface area contributed by atoms with Crippen LogP contribution in [0.5, 0.6) is 0 Å². The summed E-state index contributed by atoms with van der Waals surface area (Å²) in [6.07, 6.45) is 0. The molecule has 0 radical (unpaired) electrons. The Labute approximate surface area is 98.6 Å². The van der Waals surface area contributed by atoms with Crippen molar-refractivity contribution in [3.63, 3.8) is 0 Å². The molecule has 16 heavy (non-hydrogen) atoms. The number of fused-ring (bicyclic) bond motifs is 1. The first kappa shape index (κ1) is 10.1. The van der Waals surface area contributed by atoms with Gasteiger partial charge in [0.25, 0.3) is 0 Å². The van der Waals surface area contributed by atoms with Gasteiger partial charge in [0.15, 0.2) is 0 Å². The summed E-state index contributed by atoms with van der Waals surface area (Å²) < 4.78 is 12.0. The van der Waals surface area contributed by atoms with Crippen LogP contribution < -0.4 is 4.35 Å². The molecule has 0 saturated carbocycles. The molecule has 1 heterocycles. The minimum atomic E-state index is -2.64. The van der Waals surface area contributed by atoms with Gasteiger partial charge >= 0.3 is 98.5 Å². The van der Waals surface area contributed by atoms with Gasteiger partial charge in [-0.25, -0.2) is 0 Å². The van der Waals surface area contributed by atoms with Gasteiger partial charge < -0.3 is 0 Å². The van der Waals surface area contributed by atoms with Gasteiger partial charge in [-0.05, 0) is 0 Å². The molecule has 0 amide bonds. The van der Waals surface area contributed by atoms with Gasteiger partial charge in [-0.3, -0.25) is 0 Å². The molecule has 2 aromatic carbocycles. The average molecular weight is 273 g/mol. The summed E-state index contributed by atoms with van der Waals surface area (Å²) in [6.45, 7) is 0. The van der Waals surface area contributed by atoms with Crippen LogP contribution in [0.4, 0.5) is 0 Å². The van der Waals surface area contributed by atoms with Gasteiger partial charge in [-0.2, -0.15) is 0 Å². The van der Waals surface area contributed by atoms with Crippen LogP contribution in [0.15, 0.2) is 54.6 Å². The first-order chi connectivity index (χ1) is 7.78. The van der Waals surface area contributed by atoms with Crippen LogP contribution in [0.3, 0.4) is 0 Å². The molecule has 0 fully saturated rings. The van der Waals surface area contributed by atoms with Crippen LogP contribution in [-0.2, 0) is 10.4 Å². The molecule has 3 rings (SSSR count). The van der Waals surface area contributed by atoms with Crippen molar-refractivity contribution in [2.24, 2.45) is 0 Å². The van der Waals surface area contributed by atoms with E-state index in [-0.39, 0.29) is 0 Å². The molecule has 80 valence electrons. The van der Waals surface area contributed by atoms with Gasteiger partial charge in [0.2, 0.25) is 0 Å². The fourth-order valence-electron chi connectivity index (χ4n) is 2.37. The number of hydrogen-bond acceptors (Lipinski definition) is 1. The van der Waals surface area contributed by atoms with Gasteiger partial charge in [-0.1, -0.05) is 0 Å². The van der Waals surface area contributed by atoms with Crippen LogP contribution in [0, 0.1) is 0 Å². The first-order valence-electron chi connectivity index (χ1n) is 5.50. The predicted octanol–water partition coefficient (Wildman–Crippen LogP) is 1.71. The van der Waals surface area contributed by atoms with E-state index in [1.807, 2.05) is 18.2 Å². The second kappa shape index (κ2) is 3.76. The molecule has 0 spiro atoms. The maximum absolute atomic E-state index is 10.9. The number of benzene rings is 2. The Morgan fingerprint density at radius 1 is 0.750 bits per heavy atom. The van der Waals surface area contributed by atoms with Crippen molar-refractivity contribution in [2.75, 3.05) is 0 Å². The Balaban J connectivity index is 2.01. The molecule has 1 N–H and O–H groups in total. The average Bonchev–Trinajstić information content (AvgIpc) is 2.68. The van der Waals surface area contributed by atoms with Crippen molar-refractivity contribution in [1.82, 2.24) is 0 Å². The molecule has 0 aliphatic carbocycles. The second-order valence-electron chi connectivity index (χ2n) is 4.34. The summed E-state index contributed by atoms with van der Waals surface area (Å²) >= 11 is -2.64. The summed E-state index contributed by atoms with van der Waals surface area (Å²) in [5, 5.41) is 1.80. The topological polar surface area (TPSA) is 20.2 Å². The molecule has 2 aromatic rings. The van der Waals surface area contributed by atoms with E-state index in [0.717, 1.165) is 10.4 Å². The zero-order chi connectivity index (χ0) is 11.0. The number of rotatable bonds is 1. The third kappa shape index (κ3) is 1.61. The Kier molecular flexibility index (Phi) is 2.38. The van der Waals surface area contributed by atoms with E-state index in [1.165, 1.54) is 15.5 Å². The van der Waals surface area contributed by atoms with E-state index in [0.29, 0.717) is 0 Å². The van der Waals surface area contributed by atoms with Gasteiger partial charge in [-0.15, -0.1) is 0 Å². The molecule has 2 heteroatoms. The molecular weight excluding hydrogens is 259 g/mol. The standard InChI is InChI=1S/C14H14AsO/c16-15(14-8-2-1-3-9-14)10-12-6-4-5-7-13(12)11-15/h1-9,16H,10-11H2/q+1. The van der Waals surface area contributed by atoms with Gasteiger partial charge in [0.1, 0.15) is 0 Å². The number of hydrogen-bond donors (Lipinski definition) is 1. The summed E-state index contributed by atoms with van der Waals surface area (Å²) in [4.78, 5) is 0. The normalized spacial score (nSPS) is 17.1. The van der Waals surface area contributed by atoms with Crippen molar-refractivity contribution >= 4 is 18.2 Å². The molecular formula is C14H14AsO+. The van der Waals surface area contributed by atoms with Crippen molar-refractivity contribution in [3.8, 4) is 0 Å². The second-order valence-corrected chi connectivity index (χ2v) is 10.6. The molecule has 1 nitrogen and oxygen atoms in total. The fourth-order valence-corrected chi connectivity index (χ4v) is 8.56. The van der Waals surface area contributed by atoms with E-state index in [1.54, 1.807) is 0 Å². The Morgan fingerprint density at radius 2 is 1.25 bits per heavy atom. The Bertz CT molecular complexity index is 482. The summed E-state index contributed by atoms with van der Waals surface area (Å²) in [5.41, 5.74) is 2.70. The van der Waals surface area contributed by atoms with Crippen LogP contribution in [0.1, 0.15) is 11.1 Å². The summed E-state index contributed by atoms with van der Waals surface area (Å²) in [6, 6.07) is 18.7. The predicted molar refractivity (Wildman–Crippen MR) is 67.9 cm³/mol. The fraction of sp³-hybridized carbons (Fsp3) is 0.143. The molecule has 0 saturated heterocycles. The zero-order valence-corrected chi connectivity index (χ0v) is 10.9. The minimum absolute atomic E-state index is 0.901. The molecule has 0 bridgehead atoms. The van der Waals surface area contributed by atoms with E-state index >= 15 is 0 Å². The molecule has 1 aliphatic rings. The Hall–Kier alpha value is -1.04. The van der Waals surface area contributed by atoms with E-state index in [4.69, 9.17) is 0 Å². The van der Waals surface area contributed by atoms with Crippen LogP contribution in [-0.4, -0.2) is 18.0 Å². The first-order valence-corrected chi connectivity index (χ1v) is 9.93. The van der Waals surface area contributed by atoms with Crippen LogP contribution in [0.25, 0.3) is 0 Å². The quantitative estimate of drug-likeness (QED) is 0.784. The Morgan fingerprint density at radius 3 is 1.81 bits per heavy atom. The summed E-state index contributed by atoms with van der Waals surface area (Å²) in [7, 11) is 0. The summed E-state index contributed by atoms with van der Waals surface area (Å²) in [5.74, 6) is 0. The van der Waals surface area contributed by atoms with Crippen LogP contribution in [0.2, 0.25) is 0 Å². The third-order valence-corrected chi connectivity index (χ3v) is 9.49. The third-order valence-electron chi connectivity index (χ3n) is 3.22. The van der Waals surface area contributed by atoms with Crippen LogP contribution >= 0.6 is 0 Å². The van der Waals surface area contributed by atoms with Gasteiger partial charge in [0, 0.05) is 0 Å².